The summed E-state index contributed by atoms with van der Waals surface area (Å²) in [6, 6.07) is 26.7. The Bertz CT molecular complexity index is 2200. The topological polar surface area (TPSA) is 112 Å². The second kappa shape index (κ2) is 16.4. The number of fused-ring (bicyclic) bond motifs is 2. The van der Waals surface area contributed by atoms with Gasteiger partial charge in [0, 0.05) is 65.0 Å². The van der Waals surface area contributed by atoms with E-state index in [0.29, 0.717) is 25.1 Å². The Hall–Kier alpha value is -4.91. The molecule has 0 spiro atoms. The van der Waals surface area contributed by atoms with Gasteiger partial charge in [-0.3, -0.25) is 24.6 Å². The lowest BCUT2D eigenvalue weighted by molar-refractivity contribution is -0.136. The first-order valence-electron chi connectivity index (χ1n) is 19.0. The summed E-state index contributed by atoms with van der Waals surface area (Å²) in [5.41, 5.74) is 3.76. The highest BCUT2D eigenvalue weighted by Crippen LogP contribution is 2.47. The van der Waals surface area contributed by atoms with Gasteiger partial charge >= 0.3 is 0 Å². The van der Waals surface area contributed by atoms with Crippen LogP contribution in [0.4, 0.5) is 5.69 Å². The number of ether oxygens (including phenoxy) is 2. The van der Waals surface area contributed by atoms with Crippen molar-refractivity contribution in [1.29, 1.82) is 0 Å². The van der Waals surface area contributed by atoms with Crippen LogP contribution in [-0.4, -0.2) is 78.0 Å². The Morgan fingerprint density at radius 3 is 2.38 bits per heavy atom. The molecule has 1 aromatic heterocycles. The first kappa shape index (κ1) is 37.0. The van der Waals surface area contributed by atoms with Gasteiger partial charge in [0.05, 0.1) is 11.5 Å². The van der Waals surface area contributed by atoms with Crippen LogP contribution in [0.5, 0.6) is 23.0 Å². The zero-order valence-electron chi connectivity index (χ0n) is 30.5. The van der Waals surface area contributed by atoms with Crippen molar-refractivity contribution in [2.45, 2.75) is 51.1 Å². The maximum Gasteiger partial charge on any atom is 0.255 e. The van der Waals surface area contributed by atoms with Crippen LogP contribution in [0.15, 0.2) is 89.4 Å². The lowest BCUT2D eigenvalue weighted by Gasteiger charge is -2.36. The van der Waals surface area contributed by atoms with E-state index in [1.807, 2.05) is 54.6 Å². The third-order valence-electron chi connectivity index (χ3n) is 10.7. The molecule has 8 rings (SSSR count). The number of benzene rings is 4. The van der Waals surface area contributed by atoms with Crippen molar-refractivity contribution in [1.82, 2.24) is 15.1 Å². The van der Waals surface area contributed by atoms with Gasteiger partial charge in [-0.1, -0.05) is 40.9 Å². The lowest BCUT2D eigenvalue weighted by atomic mass is 10.0. The molecule has 2 saturated heterocycles. The number of hydrogen-bond donors (Lipinski definition) is 2. The zero-order chi connectivity index (χ0) is 37.9. The minimum atomic E-state index is -0.591. The summed E-state index contributed by atoms with van der Waals surface area (Å²) < 4.78 is 14.5. The van der Waals surface area contributed by atoms with Gasteiger partial charge in [-0.2, -0.15) is 0 Å². The Labute approximate surface area is 332 Å². The van der Waals surface area contributed by atoms with Gasteiger partial charge in [0.1, 0.15) is 23.3 Å². The molecule has 2 fully saturated rings. The van der Waals surface area contributed by atoms with E-state index in [9.17, 15) is 19.5 Å². The molecule has 3 aliphatic heterocycles. The summed E-state index contributed by atoms with van der Waals surface area (Å²) in [7, 11) is 0. The Kier molecular flexibility index (Phi) is 11.1. The molecule has 4 heterocycles. The molecule has 3 amide bonds. The number of rotatable bonds is 13. The lowest BCUT2D eigenvalue weighted by Crippen LogP contribution is -2.52. The van der Waals surface area contributed by atoms with E-state index >= 15 is 0 Å². The molecule has 55 heavy (non-hydrogen) atoms. The van der Waals surface area contributed by atoms with Gasteiger partial charge in [0.25, 0.3) is 5.91 Å². The maximum atomic E-state index is 13.1. The molecular formula is C43H43BrN4O6S. The van der Waals surface area contributed by atoms with Crippen LogP contribution in [0.2, 0.25) is 0 Å². The van der Waals surface area contributed by atoms with E-state index in [1.165, 1.54) is 0 Å². The molecule has 1 unspecified atom stereocenters. The van der Waals surface area contributed by atoms with Gasteiger partial charge < -0.3 is 24.4 Å². The van der Waals surface area contributed by atoms with Crippen molar-refractivity contribution in [2.24, 2.45) is 0 Å². The van der Waals surface area contributed by atoms with Crippen LogP contribution in [0.25, 0.3) is 20.5 Å². The second-order valence-corrected chi connectivity index (χ2v) is 16.3. The van der Waals surface area contributed by atoms with E-state index in [0.717, 1.165) is 112 Å². The summed E-state index contributed by atoms with van der Waals surface area (Å²) >= 11 is 5.12. The van der Waals surface area contributed by atoms with Crippen molar-refractivity contribution in [3.05, 3.63) is 101 Å². The van der Waals surface area contributed by atoms with Crippen LogP contribution in [0, 0.1) is 0 Å². The van der Waals surface area contributed by atoms with E-state index in [4.69, 9.17) is 9.47 Å². The number of nitrogens with zero attached hydrogens (tertiary/aromatic N) is 3. The van der Waals surface area contributed by atoms with Gasteiger partial charge in [-0.25, -0.2) is 0 Å². The fraction of sp³-hybridized carbons (Fsp3) is 0.326. The Morgan fingerprint density at radius 1 is 0.836 bits per heavy atom. The molecule has 10 nitrogen and oxygen atoms in total. The number of halogens is 1. The van der Waals surface area contributed by atoms with Crippen molar-refractivity contribution >= 4 is 60.8 Å². The first-order valence-corrected chi connectivity index (χ1v) is 20.6. The summed E-state index contributed by atoms with van der Waals surface area (Å²) in [5, 5.41) is 13.4. The number of piperazine rings is 1. The SMILES string of the molecule is O=C1CCC(N2Cc3cc(N4CCN(CCCCCCOc5ccc(Oc6c(-c7ccc(Br)cc7)sc7cc(O)ccc67)cc5)CC4)ccc3C2=O)C(=O)N1. The number of carbonyl (C=O) groups excluding carboxylic acids is 3. The van der Waals surface area contributed by atoms with Gasteiger partial charge in [-0.15, -0.1) is 11.3 Å². The van der Waals surface area contributed by atoms with Crippen LogP contribution in [0.3, 0.4) is 0 Å². The maximum absolute atomic E-state index is 13.1. The molecular weight excluding hydrogens is 780 g/mol. The molecule has 0 radical (unpaired) electrons. The molecule has 3 aliphatic rings. The monoisotopic (exact) mass is 822 g/mol. The van der Waals surface area contributed by atoms with Crippen LogP contribution >= 0.6 is 27.3 Å². The molecule has 0 aliphatic carbocycles. The fourth-order valence-corrected chi connectivity index (χ4v) is 9.08. The number of phenols is 1. The second-order valence-electron chi connectivity index (χ2n) is 14.4. The quantitative estimate of drug-likeness (QED) is 0.0901. The number of carbonyl (C=O) groups is 3. The molecule has 0 saturated carbocycles. The van der Waals surface area contributed by atoms with Gasteiger partial charge in [0.15, 0.2) is 5.75 Å². The summed E-state index contributed by atoms with van der Waals surface area (Å²) in [4.78, 5) is 44.6. The number of nitrogens with one attached hydrogen (secondary N) is 1. The minimum absolute atomic E-state index is 0.133. The summed E-state index contributed by atoms with van der Waals surface area (Å²) in [6.45, 7) is 6.02. The first-order chi connectivity index (χ1) is 26.8. The van der Waals surface area contributed by atoms with Crippen molar-refractivity contribution in [2.75, 3.05) is 44.2 Å². The molecule has 0 bridgehead atoms. The summed E-state index contributed by atoms with van der Waals surface area (Å²) in [6.07, 6.45) is 5.06. The number of anilines is 1. The van der Waals surface area contributed by atoms with E-state index in [-0.39, 0.29) is 29.9 Å². The van der Waals surface area contributed by atoms with E-state index in [2.05, 4.69) is 49.2 Å². The largest absolute Gasteiger partial charge is 0.508 e. The Balaban J connectivity index is 0.744. The highest BCUT2D eigenvalue weighted by molar-refractivity contribution is 9.10. The van der Waals surface area contributed by atoms with Crippen molar-refractivity contribution in [3.8, 4) is 33.4 Å². The van der Waals surface area contributed by atoms with Crippen LogP contribution in [0.1, 0.15) is 54.4 Å². The molecule has 12 heteroatoms. The van der Waals surface area contributed by atoms with E-state index in [1.54, 1.807) is 28.4 Å². The number of imide groups is 1. The molecule has 5 aromatic rings. The number of amides is 3. The summed E-state index contributed by atoms with van der Waals surface area (Å²) in [5.74, 6) is 1.77. The van der Waals surface area contributed by atoms with Crippen molar-refractivity contribution < 1.29 is 29.0 Å². The third-order valence-corrected chi connectivity index (χ3v) is 12.4. The zero-order valence-corrected chi connectivity index (χ0v) is 32.9. The van der Waals surface area contributed by atoms with Crippen LogP contribution in [-0.2, 0) is 16.1 Å². The number of hydrogen-bond acceptors (Lipinski definition) is 9. The van der Waals surface area contributed by atoms with Crippen LogP contribution < -0.4 is 19.7 Å². The Morgan fingerprint density at radius 2 is 1.60 bits per heavy atom. The third kappa shape index (κ3) is 8.36. The molecule has 1 atom stereocenters. The predicted octanol–water partition coefficient (Wildman–Crippen LogP) is 8.35. The molecule has 2 N–H and O–H groups in total. The number of unbranched alkanes of at least 4 members (excludes halogenated alkanes) is 3. The van der Waals surface area contributed by atoms with Gasteiger partial charge in [0.2, 0.25) is 11.8 Å². The average Bonchev–Trinajstić information content (AvgIpc) is 3.71. The van der Waals surface area contributed by atoms with Crippen molar-refractivity contribution in [3.63, 3.8) is 0 Å². The predicted molar refractivity (Wildman–Crippen MR) is 218 cm³/mol. The highest BCUT2D eigenvalue weighted by atomic mass is 79.9. The number of thiophene rings is 1. The highest BCUT2D eigenvalue weighted by Gasteiger charge is 2.39. The smallest absolute Gasteiger partial charge is 0.255 e. The molecule has 4 aromatic carbocycles. The number of phenolic OH excluding ortho intramolecular Hbond substituents is 1. The van der Waals surface area contributed by atoms with Gasteiger partial charge in [-0.05, 0) is 110 Å². The minimum Gasteiger partial charge on any atom is -0.508 e. The normalized spacial score (nSPS) is 17.5. The molecule has 284 valence electrons. The van der Waals surface area contributed by atoms with E-state index < -0.39 is 6.04 Å². The standard InChI is InChI=1S/C43H43BrN4O6S/c44-30-7-5-28(6-8-30)41-40(36-16-10-32(49)26-38(36)55-41)54-34-13-11-33(12-14-34)53-24-4-2-1-3-19-46-20-22-47(23-21-46)31-9-15-35-29(25-31)27-48(43(35)52)37-17-18-39(50)45-42(37)51/h5-16,25-26,37,49H,1-4,17-24,27H2,(H,45,50,51). The number of piperidine rings is 1. The fourth-order valence-electron chi connectivity index (χ4n) is 7.64. The average molecular weight is 824 g/mol. The number of aromatic hydroxyl groups is 1.